The van der Waals surface area contributed by atoms with Crippen LogP contribution in [0.15, 0.2) is 25.3 Å². The molecule has 0 radical (unpaired) electrons. The van der Waals surface area contributed by atoms with Crippen LogP contribution in [0.4, 0.5) is 0 Å². The molecular weight excluding hydrogens is 336 g/mol. The molecule has 0 N–H and O–H groups in total. The maximum absolute atomic E-state index is 11.2. The van der Waals surface area contributed by atoms with Crippen LogP contribution in [0.2, 0.25) is 0 Å². The normalized spacial score (nSPS) is 13.6. The van der Waals surface area contributed by atoms with Crippen LogP contribution in [-0.4, -0.2) is 43.7 Å². The molecule has 0 aromatic rings. The summed E-state index contributed by atoms with van der Waals surface area (Å²) in [5, 5.41) is 0.280. The molecule has 7 heteroatoms. The van der Waals surface area contributed by atoms with Crippen molar-refractivity contribution in [3.05, 3.63) is 25.3 Å². The Balaban J connectivity index is 4.01. The molecule has 2 nitrogen and oxygen atoms in total. The van der Waals surface area contributed by atoms with Gasteiger partial charge in [-0.25, -0.2) is 0 Å². The first-order valence-electron chi connectivity index (χ1n) is 5.52. The van der Waals surface area contributed by atoms with E-state index < -0.39 is 0 Å². The Labute approximate surface area is 138 Å². The maximum Gasteiger partial charge on any atom is 0.211 e. The molecule has 2 unspecified atom stereocenters. The van der Waals surface area contributed by atoms with Crippen LogP contribution < -0.4 is 0 Å². The van der Waals surface area contributed by atoms with Crippen molar-refractivity contribution in [3.8, 4) is 0 Å². The van der Waals surface area contributed by atoms with Gasteiger partial charge in [0.25, 0.3) is 0 Å². The molecule has 19 heavy (non-hydrogen) atoms. The van der Waals surface area contributed by atoms with E-state index in [9.17, 15) is 9.59 Å². The minimum absolute atomic E-state index is 0.0263. The molecule has 0 bridgehead atoms. The predicted octanol–water partition coefficient (Wildman–Crippen LogP) is 3.21. The number of hydrogen-bond donors (Lipinski definition) is 2. The molecule has 108 valence electrons. The van der Waals surface area contributed by atoms with E-state index >= 15 is 0 Å². The molecule has 0 amide bonds. The lowest BCUT2D eigenvalue weighted by Crippen LogP contribution is -2.15. The molecule has 0 saturated carbocycles. The lowest BCUT2D eigenvalue weighted by molar-refractivity contribution is -0.107. The number of hydrogen-bond acceptors (Lipinski definition) is 7. The Morgan fingerprint density at radius 1 is 0.947 bits per heavy atom. The Kier molecular flexibility index (Phi) is 12.7. The van der Waals surface area contributed by atoms with Gasteiger partial charge in [-0.15, -0.1) is 0 Å². The summed E-state index contributed by atoms with van der Waals surface area (Å²) in [7, 11) is 0. The van der Waals surface area contributed by atoms with Gasteiger partial charge in [-0.2, -0.15) is 37.0 Å². The summed E-state index contributed by atoms with van der Waals surface area (Å²) in [5.74, 6) is 2.92. The number of thiol groups is 2. The van der Waals surface area contributed by atoms with Crippen LogP contribution in [0.5, 0.6) is 0 Å². The Morgan fingerprint density at radius 3 is 1.58 bits per heavy atom. The third kappa shape index (κ3) is 10.0. The van der Waals surface area contributed by atoms with Gasteiger partial charge in [0, 0.05) is 33.5 Å². The average molecular weight is 355 g/mol. The van der Waals surface area contributed by atoms with E-state index in [1.165, 1.54) is 35.7 Å². The zero-order valence-electron chi connectivity index (χ0n) is 10.5. The summed E-state index contributed by atoms with van der Waals surface area (Å²) in [4.78, 5) is 22.5. The second-order valence-corrected chi connectivity index (χ2v) is 7.84. The highest BCUT2D eigenvalue weighted by Crippen LogP contribution is 2.23. The largest absolute Gasteiger partial charge is 0.282 e. The standard InChI is InChI=1S/C12H18O2S5/c1-3-11(13)18-9(5-15)7-17-8-10(6-16)19-12(14)4-2/h3-4,9-10,15-16H,1-2,5-8H2. The van der Waals surface area contributed by atoms with Crippen molar-refractivity contribution in [1.82, 2.24) is 0 Å². The van der Waals surface area contributed by atoms with Gasteiger partial charge in [0.2, 0.25) is 10.2 Å². The second kappa shape index (κ2) is 12.3. The monoisotopic (exact) mass is 354 g/mol. The van der Waals surface area contributed by atoms with Crippen LogP contribution in [-0.2, 0) is 9.59 Å². The SMILES string of the molecule is C=CC(=O)SC(CS)CSCC(CS)SC(=O)C=C. The van der Waals surface area contributed by atoms with E-state index in [2.05, 4.69) is 38.4 Å². The molecule has 0 aromatic carbocycles. The molecule has 0 aromatic heterocycles. The van der Waals surface area contributed by atoms with Crippen molar-refractivity contribution >= 4 is 70.8 Å². The van der Waals surface area contributed by atoms with Gasteiger partial charge in [0.05, 0.1) is 0 Å². The molecule has 0 fully saturated rings. The van der Waals surface area contributed by atoms with Gasteiger partial charge in [0.15, 0.2) is 0 Å². The second-order valence-electron chi connectivity index (χ2n) is 3.43. The average Bonchev–Trinajstić information content (AvgIpc) is 2.44. The highest BCUT2D eigenvalue weighted by molar-refractivity contribution is 8.16. The molecule has 0 heterocycles. The van der Waals surface area contributed by atoms with Crippen LogP contribution in [0, 0.1) is 0 Å². The fourth-order valence-electron chi connectivity index (χ4n) is 1.00. The molecule has 2 atom stereocenters. The minimum Gasteiger partial charge on any atom is -0.282 e. The predicted molar refractivity (Wildman–Crippen MR) is 98.2 cm³/mol. The lowest BCUT2D eigenvalue weighted by atomic mass is 10.5. The van der Waals surface area contributed by atoms with Crippen molar-refractivity contribution in [2.24, 2.45) is 0 Å². The zero-order valence-corrected chi connectivity index (χ0v) is 14.7. The summed E-state index contributed by atoms with van der Waals surface area (Å²) in [6.07, 6.45) is 2.64. The first-order valence-corrected chi connectivity index (χ1v) is 9.70. The van der Waals surface area contributed by atoms with Crippen molar-refractivity contribution in [1.29, 1.82) is 0 Å². The molecule has 0 aliphatic carbocycles. The third-order valence-electron chi connectivity index (χ3n) is 1.91. The quantitative estimate of drug-likeness (QED) is 0.465. The summed E-state index contributed by atoms with van der Waals surface area (Å²) < 4.78 is 0. The molecule has 0 spiro atoms. The summed E-state index contributed by atoms with van der Waals surface area (Å²) in [6.45, 7) is 6.90. The fourth-order valence-corrected chi connectivity index (χ4v) is 5.08. The van der Waals surface area contributed by atoms with Crippen LogP contribution in [0.3, 0.4) is 0 Å². The van der Waals surface area contributed by atoms with E-state index in [0.717, 1.165) is 11.5 Å². The summed E-state index contributed by atoms with van der Waals surface area (Å²) >= 11 is 12.7. The van der Waals surface area contributed by atoms with E-state index in [0.29, 0.717) is 11.5 Å². The molecule has 0 rings (SSSR count). The number of rotatable bonds is 10. The number of carbonyl (C=O) groups excluding carboxylic acids is 2. The highest BCUT2D eigenvalue weighted by atomic mass is 32.2. The van der Waals surface area contributed by atoms with Gasteiger partial charge in [-0.1, -0.05) is 36.7 Å². The maximum atomic E-state index is 11.2. The fraction of sp³-hybridized carbons (Fsp3) is 0.500. The van der Waals surface area contributed by atoms with E-state index in [1.807, 2.05) is 0 Å². The molecule has 0 aliphatic heterocycles. The molecule has 0 aliphatic rings. The third-order valence-corrected chi connectivity index (χ3v) is 7.12. The zero-order chi connectivity index (χ0) is 14.7. The first kappa shape index (κ1) is 19.6. The molecule has 0 saturated heterocycles. The van der Waals surface area contributed by atoms with Gasteiger partial charge in [-0.3, -0.25) is 9.59 Å². The van der Waals surface area contributed by atoms with Gasteiger partial charge in [-0.05, 0) is 12.2 Å². The van der Waals surface area contributed by atoms with Gasteiger partial charge in [0.1, 0.15) is 0 Å². The Morgan fingerprint density at radius 2 is 1.32 bits per heavy atom. The Hall–Kier alpha value is 0.570. The van der Waals surface area contributed by atoms with Crippen LogP contribution in [0.1, 0.15) is 0 Å². The summed E-state index contributed by atoms with van der Waals surface area (Å²) in [6, 6.07) is 0. The van der Waals surface area contributed by atoms with E-state index in [4.69, 9.17) is 0 Å². The van der Waals surface area contributed by atoms with E-state index in [-0.39, 0.29) is 20.7 Å². The summed E-state index contributed by atoms with van der Waals surface area (Å²) in [5.41, 5.74) is 0. The van der Waals surface area contributed by atoms with Gasteiger partial charge < -0.3 is 0 Å². The number of thioether (sulfide) groups is 3. The number of carbonyl (C=O) groups is 2. The van der Waals surface area contributed by atoms with Crippen molar-refractivity contribution < 1.29 is 9.59 Å². The highest BCUT2D eigenvalue weighted by Gasteiger charge is 2.15. The van der Waals surface area contributed by atoms with Crippen molar-refractivity contribution in [2.75, 3.05) is 23.0 Å². The van der Waals surface area contributed by atoms with Crippen LogP contribution >= 0.6 is 60.5 Å². The first-order chi connectivity index (χ1) is 9.07. The minimum atomic E-state index is -0.0263. The van der Waals surface area contributed by atoms with E-state index in [1.54, 1.807) is 11.8 Å². The Bertz CT molecular complexity index is 289. The van der Waals surface area contributed by atoms with Crippen molar-refractivity contribution in [3.63, 3.8) is 0 Å². The van der Waals surface area contributed by atoms with Crippen LogP contribution in [0.25, 0.3) is 0 Å². The van der Waals surface area contributed by atoms with Crippen molar-refractivity contribution in [2.45, 2.75) is 10.5 Å². The van der Waals surface area contributed by atoms with Gasteiger partial charge >= 0.3 is 0 Å². The topological polar surface area (TPSA) is 34.1 Å². The molecular formula is C12H18O2S5. The smallest absolute Gasteiger partial charge is 0.211 e. The lowest BCUT2D eigenvalue weighted by Gasteiger charge is -2.15.